The van der Waals surface area contributed by atoms with E-state index in [1.54, 1.807) is 12.1 Å². The van der Waals surface area contributed by atoms with E-state index in [0.717, 1.165) is 5.56 Å². The molecule has 1 aromatic rings. The van der Waals surface area contributed by atoms with Crippen molar-refractivity contribution in [3.05, 3.63) is 35.9 Å². The van der Waals surface area contributed by atoms with Crippen LogP contribution in [0, 0.1) is 0 Å². The Morgan fingerprint density at radius 1 is 1.33 bits per heavy atom. The number of hydrogen-bond donors (Lipinski definition) is 1. The molecule has 0 amide bonds. The van der Waals surface area contributed by atoms with Crippen LogP contribution in [0.2, 0.25) is 0 Å². The average molecular weight is 194 g/mol. The fraction of sp³-hybridized carbons (Fsp3) is 0.125. The van der Waals surface area contributed by atoms with Crippen LogP contribution in [0.25, 0.3) is 0 Å². The summed E-state index contributed by atoms with van der Waals surface area (Å²) < 4.78 is 0. The van der Waals surface area contributed by atoms with E-state index >= 15 is 0 Å². The second kappa shape index (κ2) is 7.68. The number of hydrogen-bond acceptors (Lipinski definition) is 1. The number of carboxylic acids is 1. The van der Waals surface area contributed by atoms with Crippen LogP contribution in [0.5, 0.6) is 0 Å². The molecule has 0 aliphatic heterocycles. The van der Waals surface area contributed by atoms with Gasteiger partial charge in [-0.2, -0.15) is 13.5 Å². The van der Waals surface area contributed by atoms with Crippen molar-refractivity contribution in [3.63, 3.8) is 0 Å². The number of benzene rings is 1. The maximum absolute atomic E-state index is 10.2. The van der Waals surface area contributed by atoms with Crippen molar-refractivity contribution < 1.29 is 40.9 Å². The van der Waals surface area contributed by atoms with Gasteiger partial charge in [0.25, 0.3) is 0 Å². The molecular weight excluding hydrogens is 183 g/mol. The van der Waals surface area contributed by atoms with E-state index < -0.39 is 5.97 Å². The van der Waals surface area contributed by atoms with E-state index in [-0.39, 0.29) is 50.9 Å². The number of rotatable bonds is 2. The monoisotopic (exact) mass is 194 g/mol. The predicted molar refractivity (Wildman–Crippen MR) is 49.3 cm³/mol. The minimum absolute atomic E-state index is 0. The molecule has 0 radical (unpaired) electrons. The molecule has 0 saturated heterocycles. The first-order valence-electron chi connectivity index (χ1n) is 3.05. The molecule has 0 atom stereocenters. The summed E-state index contributed by atoms with van der Waals surface area (Å²) in [7, 11) is 0. The van der Waals surface area contributed by atoms with Crippen molar-refractivity contribution in [2.45, 2.75) is 6.42 Å². The van der Waals surface area contributed by atoms with E-state index in [1.165, 1.54) is 0 Å². The third-order valence-corrected chi connectivity index (χ3v) is 1.20. The first-order valence-corrected chi connectivity index (χ1v) is 3.05. The molecule has 62 valence electrons. The summed E-state index contributed by atoms with van der Waals surface area (Å²) in [5.74, 6) is -0.786. The molecule has 0 aliphatic rings. The van der Waals surface area contributed by atoms with E-state index in [9.17, 15) is 4.79 Å². The topological polar surface area (TPSA) is 37.3 Å². The van der Waals surface area contributed by atoms with Gasteiger partial charge in [-0.3, -0.25) is 4.79 Å². The predicted octanol–water partition coefficient (Wildman–Crippen LogP) is -1.46. The zero-order valence-electron chi connectivity index (χ0n) is 7.95. The normalized spacial score (nSPS) is 7.67. The summed E-state index contributed by atoms with van der Waals surface area (Å²) in [6.45, 7) is 0. The van der Waals surface area contributed by atoms with Crippen molar-refractivity contribution in [2.75, 3.05) is 0 Å². The Labute approximate surface area is 102 Å². The van der Waals surface area contributed by atoms with Gasteiger partial charge in [-0.25, -0.2) is 0 Å². The van der Waals surface area contributed by atoms with Gasteiger partial charge in [0, 0.05) is 0 Å². The van der Waals surface area contributed by atoms with E-state index in [1.807, 2.05) is 18.2 Å². The van der Waals surface area contributed by atoms with E-state index in [0.29, 0.717) is 0 Å². The molecule has 0 aromatic heterocycles. The summed E-state index contributed by atoms with van der Waals surface area (Å²) in [4.78, 5) is 10.2. The Balaban J connectivity index is -0.000000333. The molecule has 0 aliphatic carbocycles. The van der Waals surface area contributed by atoms with E-state index in [2.05, 4.69) is 0 Å². The summed E-state index contributed by atoms with van der Waals surface area (Å²) >= 11 is 0. The van der Waals surface area contributed by atoms with Crippen molar-refractivity contribution in [3.8, 4) is 0 Å². The van der Waals surface area contributed by atoms with Crippen LogP contribution in [0.1, 0.15) is 6.99 Å². The van der Waals surface area contributed by atoms with Crippen LogP contribution < -0.4 is 29.6 Å². The van der Waals surface area contributed by atoms with Gasteiger partial charge in [-0.05, 0) is 5.56 Å². The Morgan fingerprint density at radius 3 is 2.25 bits per heavy atom. The quantitative estimate of drug-likeness (QED) is 0.584. The largest absolute Gasteiger partial charge is 1.00 e. The maximum atomic E-state index is 10.2. The molecule has 4 heteroatoms. The molecule has 1 rings (SSSR count). The van der Waals surface area contributed by atoms with Gasteiger partial charge in [0.2, 0.25) is 0 Å². The summed E-state index contributed by atoms with van der Waals surface area (Å²) in [6, 6.07) is 9.13. The zero-order valence-corrected chi connectivity index (χ0v) is 9.95. The fourth-order valence-electron chi connectivity index (χ4n) is 0.770. The standard InChI is InChI=1S/C8H8O2.Na.H2S.H/c9-8(10)6-7-4-2-1-3-5-7;;;/h1-5H,6H2,(H,9,10);;1H2;/q;+1;;-1. The molecule has 0 saturated carbocycles. The van der Waals surface area contributed by atoms with Gasteiger partial charge >= 0.3 is 35.5 Å². The van der Waals surface area contributed by atoms with Gasteiger partial charge in [0.05, 0.1) is 6.42 Å². The maximum Gasteiger partial charge on any atom is 1.00 e. The molecule has 0 unspecified atom stereocenters. The molecule has 12 heavy (non-hydrogen) atoms. The minimum Gasteiger partial charge on any atom is -1.00 e. The fourth-order valence-corrected chi connectivity index (χ4v) is 0.770. The molecule has 0 spiro atoms. The van der Waals surface area contributed by atoms with Crippen LogP contribution in [0.3, 0.4) is 0 Å². The first kappa shape index (κ1) is 14.6. The van der Waals surface area contributed by atoms with Crippen LogP contribution in [-0.2, 0) is 11.2 Å². The Kier molecular flexibility index (Phi) is 9.31. The van der Waals surface area contributed by atoms with Crippen LogP contribution in [0.15, 0.2) is 30.3 Å². The smallest absolute Gasteiger partial charge is 1.00 e. The Bertz CT molecular complexity index is 231. The van der Waals surface area contributed by atoms with Crippen molar-refractivity contribution in [1.29, 1.82) is 0 Å². The third-order valence-electron chi connectivity index (χ3n) is 1.20. The van der Waals surface area contributed by atoms with Crippen LogP contribution in [0.4, 0.5) is 0 Å². The van der Waals surface area contributed by atoms with Crippen molar-refractivity contribution in [1.82, 2.24) is 0 Å². The molecule has 0 heterocycles. The van der Waals surface area contributed by atoms with Gasteiger partial charge in [0.15, 0.2) is 0 Å². The Morgan fingerprint density at radius 2 is 1.83 bits per heavy atom. The molecule has 0 bridgehead atoms. The number of aliphatic carboxylic acids is 1. The van der Waals surface area contributed by atoms with Crippen LogP contribution in [-0.4, -0.2) is 11.1 Å². The molecule has 1 N–H and O–H groups in total. The second-order valence-corrected chi connectivity index (χ2v) is 2.06. The number of carbonyl (C=O) groups is 1. The van der Waals surface area contributed by atoms with Gasteiger partial charge in [-0.1, -0.05) is 30.3 Å². The summed E-state index contributed by atoms with van der Waals surface area (Å²) in [6.07, 6.45) is 0.112. The minimum atomic E-state index is -0.786. The molecule has 0 fully saturated rings. The van der Waals surface area contributed by atoms with Gasteiger partial charge in [0.1, 0.15) is 0 Å². The molecular formula is C8H11NaO2S. The summed E-state index contributed by atoms with van der Waals surface area (Å²) in [5, 5.41) is 8.37. The third kappa shape index (κ3) is 5.66. The average Bonchev–Trinajstić information content (AvgIpc) is 1.88. The Hall–Kier alpha value is 0.0400. The van der Waals surface area contributed by atoms with Crippen molar-refractivity contribution >= 4 is 19.5 Å². The first-order chi connectivity index (χ1) is 4.79. The molecule has 1 aromatic carbocycles. The second-order valence-electron chi connectivity index (χ2n) is 2.06. The van der Waals surface area contributed by atoms with Crippen LogP contribution >= 0.6 is 13.5 Å². The van der Waals surface area contributed by atoms with Gasteiger partial charge < -0.3 is 6.53 Å². The SMILES string of the molecule is O=C(O)Cc1ccccc1.S.[H-].[Na+]. The van der Waals surface area contributed by atoms with Gasteiger partial charge in [-0.15, -0.1) is 0 Å². The van der Waals surface area contributed by atoms with E-state index in [4.69, 9.17) is 5.11 Å². The number of carboxylic acid groups (broad SMARTS) is 1. The zero-order chi connectivity index (χ0) is 7.40. The molecule has 2 nitrogen and oxygen atoms in total. The van der Waals surface area contributed by atoms with Crippen molar-refractivity contribution in [2.24, 2.45) is 0 Å². The summed E-state index contributed by atoms with van der Waals surface area (Å²) in [5.41, 5.74) is 0.843.